The van der Waals surface area contributed by atoms with Gasteiger partial charge in [0.2, 0.25) is 0 Å². The van der Waals surface area contributed by atoms with Gasteiger partial charge in [0.05, 0.1) is 4.34 Å². The van der Waals surface area contributed by atoms with Crippen molar-refractivity contribution >= 4 is 22.9 Å². The summed E-state index contributed by atoms with van der Waals surface area (Å²) in [4.78, 5) is 7.41. The Morgan fingerprint density at radius 2 is 2.22 bits per heavy atom. The standard InChI is InChI=1S/C13H12ClN3S/c1-17(9-11-4-5-13(14)18-11)8-10-3-2-6-16-12(10)7-15/h2-6H,8-9H2,1H3. The van der Waals surface area contributed by atoms with E-state index in [0.717, 1.165) is 16.4 Å². The number of pyridine rings is 1. The van der Waals surface area contributed by atoms with E-state index in [9.17, 15) is 0 Å². The Bertz CT molecular complexity index is 574. The van der Waals surface area contributed by atoms with Gasteiger partial charge in [-0.25, -0.2) is 4.98 Å². The van der Waals surface area contributed by atoms with Crippen molar-refractivity contribution in [3.8, 4) is 6.07 Å². The Labute approximate surface area is 115 Å². The second kappa shape index (κ2) is 5.96. The highest BCUT2D eigenvalue weighted by atomic mass is 35.5. The molecule has 0 spiro atoms. The van der Waals surface area contributed by atoms with Crippen LogP contribution in [0.4, 0.5) is 0 Å². The van der Waals surface area contributed by atoms with E-state index in [-0.39, 0.29) is 0 Å². The van der Waals surface area contributed by atoms with Gasteiger partial charge in [0.15, 0.2) is 0 Å². The van der Waals surface area contributed by atoms with Gasteiger partial charge in [0.25, 0.3) is 0 Å². The normalized spacial score (nSPS) is 10.6. The van der Waals surface area contributed by atoms with Crippen molar-refractivity contribution in [3.05, 3.63) is 50.9 Å². The van der Waals surface area contributed by atoms with Gasteiger partial charge in [-0.2, -0.15) is 5.26 Å². The van der Waals surface area contributed by atoms with Crippen LogP contribution in [0.2, 0.25) is 4.34 Å². The summed E-state index contributed by atoms with van der Waals surface area (Å²) in [5.41, 5.74) is 1.44. The van der Waals surface area contributed by atoms with Gasteiger partial charge in [-0.1, -0.05) is 17.7 Å². The fourth-order valence-corrected chi connectivity index (χ4v) is 2.88. The van der Waals surface area contributed by atoms with E-state index in [0.29, 0.717) is 12.2 Å². The average molecular weight is 278 g/mol. The third-order valence-electron chi connectivity index (χ3n) is 2.49. The van der Waals surface area contributed by atoms with E-state index >= 15 is 0 Å². The van der Waals surface area contributed by atoms with Gasteiger partial charge in [-0.3, -0.25) is 4.90 Å². The zero-order valence-electron chi connectivity index (χ0n) is 9.93. The molecule has 0 radical (unpaired) electrons. The Morgan fingerprint density at radius 1 is 1.39 bits per heavy atom. The van der Waals surface area contributed by atoms with E-state index < -0.39 is 0 Å². The Morgan fingerprint density at radius 3 is 2.89 bits per heavy atom. The molecule has 0 aliphatic carbocycles. The van der Waals surface area contributed by atoms with Gasteiger partial charge in [0.1, 0.15) is 11.8 Å². The molecule has 2 aromatic rings. The second-order valence-corrected chi connectivity index (χ2v) is 5.80. The minimum atomic E-state index is 0.494. The Hall–Kier alpha value is -1.41. The summed E-state index contributed by atoms with van der Waals surface area (Å²) < 4.78 is 0.803. The minimum Gasteiger partial charge on any atom is -0.297 e. The quantitative estimate of drug-likeness (QED) is 0.861. The first-order chi connectivity index (χ1) is 8.69. The predicted molar refractivity (Wildman–Crippen MR) is 73.5 cm³/mol. The van der Waals surface area contributed by atoms with Crippen LogP contribution in [-0.4, -0.2) is 16.9 Å². The molecule has 0 saturated heterocycles. The fourth-order valence-electron chi connectivity index (χ4n) is 1.72. The number of rotatable bonds is 4. The maximum absolute atomic E-state index is 8.98. The molecule has 0 atom stereocenters. The zero-order valence-corrected chi connectivity index (χ0v) is 11.5. The molecule has 2 rings (SSSR count). The minimum absolute atomic E-state index is 0.494. The van der Waals surface area contributed by atoms with E-state index in [4.69, 9.17) is 16.9 Å². The van der Waals surface area contributed by atoms with Crippen LogP contribution in [0.25, 0.3) is 0 Å². The molecule has 0 saturated carbocycles. The number of hydrogen-bond donors (Lipinski definition) is 0. The molecule has 0 unspecified atom stereocenters. The summed E-state index contributed by atoms with van der Waals surface area (Å²) in [6.45, 7) is 1.52. The molecule has 2 heterocycles. The van der Waals surface area contributed by atoms with Crippen molar-refractivity contribution in [2.24, 2.45) is 0 Å². The molecule has 0 aliphatic heterocycles. The lowest BCUT2D eigenvalue weighted by molar-refractivity contribution is 0.321. The molecule has 5 heteroatoms. The van der Waals surface area contributed by atoms with E-state index in [1.807, 2.05) is 31.3 Å². The van der Waals surface area contributed by atoms with Crippen molar-refractivity contribution in [1.29, 1.82) is 5.26 Å². The predicted octanol–water partition coefficient (Wildman–Crippen LogP) is 3.30. The summed E-state index contributed by atoms with van der Waals surface area (Å²) in [6.07, 6.45) is 1.64. The zero-order chi connectivity index (χ0) is 13.0. The van der Waals surface area contributed by atoms with E-state index in [1.54, 1.807) is 17.5 Å². The Balaban J connectivity index is 2.03. The van der Waals surface area contributed by atoms with Crippen molar-refractivity contribution in [3.63, 3.8) is 0 Å². The van der Waals surface area contributed by atoms with E-state index in [2.05, 4.69) is 16.0 Å². The number of nitriles is 1. The molecule has 0 amide bonds. The first kappa shape index (κ1) is 13.0. The van der Waals surface area contributed by atoms with Crippen LogP contribution in [0.5, 0.6) is 0 Å². The second-order valence-electron chi connectivity index (χ2n) is 4.00. The first-order valence-corrected chi connectivity index (χ1v) is 6.65. The lowest BCUT2D eigenvalue weighted by atomic mass is 10.2. The summed E-state index contributed by atoms with van der Waals surface area (Å²) in [6, 6.07) is 9.83. The number of hydrogen-bond acceptors (Lipinski definition) is 4. The topological polar surface area (TPSA) is 39.9 Å². The molecular formula is C13H12ClN3S. The maximum Gasteiger partial charge on any atom is 0.144 e. The van der Waals surface area contributed by atoms with Crippen LogP contribution in [0.1, 0.15) is 16.1 Å². The van der Waals surface area contributed by atoms with Crippen LogP contribution in [0, 0.1) is 11.3 Å². The fraction of sp³-hybridized carbons (Fsp3) is 0.231. The van der Waals surface area contributed by atoms with Crippen LogP contribution in [-0.2, 0) is 13.1 Å². The number of halogens is 1. The molecule has 3 nitrogen and oxygen atoms in total. The monoisotopic (exact) mass is 277 g/mol. The largest absolute Gasteiger partial charge is 0.297 e. The van der Waals surface area contributed by atoms with E-state index in [1.165, 1.54) is 4.88 Å². The van der Waals surface area contributed by atoms with Crippen LogP contribution < -0.4 is 0 Å². The first-order valence-electron chi connectivity index (χ1n) is 5.46. The molecule has 18 heavy (non-hydrogen) atoms. The molecule has 2 aromatic heterocycles. The van der Waals surface area contributed by atoms with Gasteiger partial charge < -0.3 is 0 Å². The average Bonchev–Trinajstić information content (AvgIpc) is 2.75. The lowest BCUT2D eigenvalue weighted by Crippen LogP contribution is -2.17. The molecule has 0 aliphatic rings. The number of nitrogens with zero attached hydrogens (tertiary/aromatic N) is 3. The number of aromatic nitrogens is 1. The molecule has 0 aromatic carbocycles. The van der Waals surface area contributed by atoms with Crippen LogP contribution in [0.3, 0.4) is 0 Å². The van der Waals surface area contributed by atoms with Crippen molar-refractivity contribution in [2.75, 3.05) is 7.05 Å². The molecule has 92 valence electrons. The SMILES string of the molecule is CN(Cc1ccc(Cl)s1)Cc1cccnc1C#N. The van der Waals surface area contributed by atoms with Gasteiger partial charge in [0, 0.05) is 29.7 Å². The summed E-state index contributed by atoms with van der Waals surface area (Å²) in [7, 11) is 2.02. The number of thiophene rings is 1. The summed E-state index contributed by atoms with van der Waals surface area (Å²) in [5, 5.41) is 8.98. The third-order valence-corrected chi connectivity index (χ3v) is 3.71. The summed E-state index contributed by atoms with van der Waals surface area (Å²) >= 11 is 7.48. The van der Waals surface area contributed by atoms with Crippen molar-refractivity contribution < 1.29 is 0 Å². The smallest absolute Gasteiger partial charge is 0.144 e. The van der Waals surface area contributed by atoms with Crippen molar-refractivity contribution in [2.45, 2.75) is 13.1 Å². The van der Waals surface area contributed by atoms with Gasteiger partial charge in [-0.15, -0.1) is 11.3 Å². The highest BCUT2D eigenvalue weighted by Crippen LogP contribution is 2.22. The molecule has 0 N–H and O–H groups in total. The maximum atomic E-state index is 8.98. The third kappa shape index (κ3) is 3.30. The van der Waals surface area contributed by atoms with Gasteiger partial charge >= 0.3 is 0 Å². The summed E-state index contributed by atoms with van der Waals surface area (Å²) in [5.74, 6) is 0. The van der Waals surface area contributed by atoms with Crippen LogP contribution in [0.15, 0.2) is 30.5 Å². The highest BCUT2D eigenvalue weighted by molar-refractivity contribution is 7.16. The molecule has 0 bridgehead atoms. The van der Waals surface area contributed by atoms with Crippen LogP contribution >= 0.6 is 22.9 Å². The highest BCUT2D eigenvalue weighted by Gasteiger charge is 2.07. The van der Waals surface area contributed by atoms with Gasteiger partial charge in [-0.05, 0) is 25.2 Å². The molecular weight excluding hydrogens is 266 g/mol. The molecule has 0 fully saturated rings. The lowest BCUT2D eigenvalue weighted by Gasteiger charge is -2.15. The van der Waals surface area contributed by atoms with Crippen molar-refractivity contribution in [1.82, 2.24) is 9.88 Å². The Kier molecular flexibility index (Phi) is 4.32.